The van der Waals surface area contributed by atoms with E-state index in [-0.39, 0.29) is 55.4 Å². The summed E-state index contributed by atoms with van der Waals surface area (Å²) in [6, 6.07) is 1.05. The number of hydrogen-bond acceptors (Lipinski definition) is 18. The van der Waals surface area contributed by atoms with Crippen LogP contribution in [0, 0.1) is 29.1 Å². The van der Waals surface area contributed by atoms with Gasteiger partial charge in [-0.05, 0) is 100 Å². The molecule has 4 rings (SSSR count). The molecule has 4 heterocycles. The molecule has 3 aliphatic rings. The van der Waals surface area contributed by atoms with E-state index in [4.69, 9.17) is 33.2 Å². The van der Waals surface area contributed by atoms with Crippen molar-refractivity contribution < 1.29 is 58.4 Å². The predicted octanol–water partition coefficient (Wildman–Crippen LogP) is 2.33. The van der Waals surface area contributed by atoms with Crippen LogP contribution in [0.25, 0.3) is 0 Å². The molecule has 63 heavy (non-hydrogen) atoms. The van der Waals surface area contributed by atoms with E-state index < -0.39 is 95.5 Å². The number of nitrogens with zero attached hydrogens (tertiary/aromatic N) is 3. The molecule has 1 aromatic heterocycles. The molecule has 0 amide bonds. The van der Waals surface area contributed by atoms with E-state index in [1.165, 1.54) is 26.4 Å². The molecular formula is C45H78N6O12. The van der Waals surface area contributed by atoms with Crippen molar-refractivity contribution in [2.24, 2.45) is 17.8 Å². The number of rotatable bonds is 13. The van der Waals surface area contributed by atoms with Crippen molar-refractivity contribution in [2.45, 2.75) is 198 Å². The lowest BCUT2D eigenvalue weighted by molar-refractivity contribution is -0.335. The third-order valence-corrected chi connectivity index (χ3v) is 13.7. The van der Waals surface area contributed by atoms with Crippen LogP contribution in [0.4, 0.5) is 0 Å². The van der Waals surface area contributed by atoms with Gasteiger partial charge in [-0.25, -0.2) is 9.97 Å². The van der Waals surface area contributed by atoms with Crippen molar-refractivity contribution >= 4 is 5.97 Å². The van der Waals surface area contributed by atoms with Gasteiger partial charge in [0.2, 0.25) is 0 Å². The van der Waals surface area contributed by atoms with Gasteiger partial charge in [0.25, 0.3) is 0 Å². The Morgan fingerprint density at radius 2 is 1.67 bits per heavy atom. The number of nitrogens with one attached hydrogen (secondary N) is 3. The van der Waals surface area contributed by atoms with Crippen LogP contribution in [0.5, 0.6) is 6.01 Å². The summed E-state index contributed by atoms with van der Waals surface area (Å²) in [6.45, 7) is 20.8. The second-order valence-corrected chi connectivity index (χ2v) is 19.0. The number of aliphatic hydroxyl groups is 4. The zero-order valence-electron chi connectivity index (χ0n) is 39.8. The van der Waals surface area contributed by atoms with Crippen LogP contribution >= 0.6 is 0 Å². The van der Waals surface area contributed by atoms with Crippen LogP contribution in [-0.4, -0.2) is 160 Å². The average Bonchev–Trinajstić information content (AvgIpc) is 3.24. The highest BCUT2D eigenvalue weighted by atomic mass is 16.7. The van der Waals surface area contributed by atoms with Gasteiger partial charge in [-0.1, -0.05) is 27.7 Å². The third-order valence-electron chi connectivity index (χ3n) is 13.7. The summed E-state index contributed by atoms with van der Waals surface area (Å²) in [4.78, 5) is 23.0. The average molecular weight is 895 g/mol. The van der Waals surface area contributed by atoms with Gasteiger partial charge in [0.05, 0.1) is 59.9 Å². The molecule has 3 fully saturated rings. The molecule has 3 aliphatic heterocycles. The maximum atomic E-state index is 14.5. The van der Waals surface area contributed by atoms with Crippen molar-refractivity contribution in [3.8, 4) is 12.1 Å². The highest BCUT2D eigenvalue weighted by Gasteiger charge is 2.58. The first-order chi connectivity index (χ1) is 29.5. The van der Waals surface area contributed by atoms with Crippen LogP contribution in [0.2, 0.25) is 0 Å². The van der Waals surface area contributed by atoms with Crippen molar-refractivity contribution in [3.63, 3.8) is 0 Å². The molecule has 18 heteroatoms. The van der Waals surface area contributed by atoms with Gasteiger partial charge in [0, 0.05) is 32.0 Å². The van der Waals surface area contributed by atoms with Crippen molar-refractivity contribution in [2.75, 3.05) is 33.8 Å². The molecule has 1 aromatic rings. The van der Waals surface area contributed by atoms with Gasteiger partial charge in [-0.2, -0.15) is 5.26 Å². The number of carbonyl (C=O) groups excluding carboxylic acids is 1. The van der Waals surface area contributed by atoms with Crippen LogP contribution in [-0.2, 0) is 33.2 Å². The lowest BCUT2D eigenvalue weighted by Crippen LogP contribution is -2.70. The standard InChI is InChI=1S/C45H78N6O12/c1-14-16-48-24-45(56)30(8)59-34(19-43(45,10)57-13)61-35-27(5)38(63-40-36(32(47-12)17-26(4)58-40)62-41-50-22-31(20-46)23-51-41)42(9,54)18-25(3)21-49-29(7)37(52)44(11,55)33(15-2)60-39(53)28(35)6/h22-23,25-30,32-38,40,47-49,52,54-56H,14-19,21,24H2,1-13H3/t25-,26-,27+,28-,29-,30+,32+,33-,34+,35+,36-,37-,38-,40+,42-,43-,44-,45+/m1/s1. The number of ether oxygens (including phenoxy) is 7. The zero-order valence-corrected chi connectivity index (χ0v) is 39.8. The first kappa shape index (κ1) is 53.0. The summed E-state index contributed by atoms with van der Waals surface area (Å²) < 4.78 is 45.4. The maximum Gasteiger partial charge on any atom is 0.316 e. The zero-order chi connectivity index (χ0) is 47.1. The largest absolute Gasteiger partial charge is 0.459 e. The Morgan fingerprint density at radius 1 is 1.00 bits per heavy atom. The Labute approximate surface area is 374 Å². The smallest absolute Gasteiger partial charge is 0.316 e. The highest BCUT2D eigenvalue weighted by Crippen LogP contribution is 2.43. The Kier molecular flexibility index (Phi) is 18.7. The number of hydrogen-bond donors (Lipinski definition) is 7. The minimum atomic E-state index is -1.84. The molecular weight excluding hydrogens is 817 g/mol. The summed E-state index contributed by atoms with van der Waals surface area (Å²) in [5.74, 6) is -2.82. The Morgan fingerprint density at radius 3 is 2.25 bits per heavy atom. The van der Waals surface area contributed by atoms with Gasteiger partial charge < -0.3 is 69.5 Å². The van der Waals surface area contributed by atoms with Crippen molar-refractivity contribution in [3.05, 3.63) is 18.0 Å². The van der Waals surface area contributed by atoms with Crippen molar-refractivity contribution in [1.82, 2.24) is 25.9 Å². The number of cyclic esters (lactones) is 1. The Balaban J connectivity index is 1.84. The predicted molar refractivity (Wildman–Crippen MR) is 232 cm³/mol. The number of aromatic nitrogens is 2. The van der Waals surface area contributed by atoms with Crippen LogP contribution in [0.1, 0.15) is 114 Å². The fraction of sp³-hybridized carbons (Fsp3) is 0.867. The van der Waals surface area contributed by atoms with Crippen LogP contribution in [0.15, 0.2) is 12.4 Å². The summed E-state index contributed by atoms with van der Waals surface area (Å²) >= 11 is 0. The van der Waals surface area contributed by atoms with Gasteiger partial charge >= 0.3 is 12.0 Å². The minimum Gasteiger partial charge on any atom is -0.459 e. The number of likely N-dealkylation sites (N-methyl/N-ethyl adjacent to an activating group) is 1. The lowest BCUT2D eigenvalue weighted by Gasteiger charge is -2.53. The van der Waals surface area contributed by atoms with Crippen molar-refractivity contribution in [1.29, 1.82) is 5.26 Å². The van der Waals surface area contributed by atoms with E-state index in [0.717, 1.165) is 6.42 Å². The molecule has 0 bridgehead atoms. The molecule has 3 saturated heterocycles. The van der Waals surface area contributed by atoms with E-state index in [1.807, 2.05) is 33.8 Å². The molecule has 18 atom stereocenters. The SMILES string of the molecule is CCCNC[C@]1(O)[C@H](C)O[C@@H](O[C@H]2[C@H](C)[C@@H](O[C@@H]3O[C@H](C)C[C@H](NC)[C@H]3Oc3ncc(C#N)cn3)[C@](C)(O)C[C@@H](C)CN[C@H](C)[C@@H](O)[C@](C)(O)[C@@H](CC)OC(=O)[C@@H]2C)C[C@@]1(C)OC. The monoisotopic (exact) mass is 895 g/mol. The minimum absolute atomic E-state index is 0.00237. The quantitative estimate of drug-likeness (QED) is 0.111. The number of carbonyl (C=O) groups is 1. The summed E-state index contributed by atoms with van der Waals surface area (Å²) in [7, 11) is 3.32. The normalized spacial score (nSPS) is 43.5. The van der Waals surface area contributed by atoms with E-state index in [9.17, 15) is 30.5 Å². The fourth-order valence-corrected chi connectivity index (χ4v) is 9.68. The maximum absolute atomic E-state index is 14.5. The number of aliphatic hydroxyl groups excluding tert-OH is 1. The lowest BCUT2D eigenvalue weighted by atomic mass is 9.75. The third kappa shape index (κ3) is 12.2. The molecule has 0 aromatic carbocycles. The first-order valence-electron chi connectivity index (χ1n) is 22.7. The summed E-state index contributed by atoms with van der Waals surface area (Å²) in [6.07, 6.45) is -4.20. The fourth-order valence-electron chi connectivity index (χ4n) is 9.68. The Hall–Kier alpha value is -2.64. The second kappa shape index (κ2) is 22.2. The second-order valence-electron chi connectivity index (χ2n) is 19.0. The van der Waals surface area contributed by atoms with Gasteiger partial charge in [-0.3, -0.25) is 4.79 Å². The molecule has 0 aliphatic carbocycles. The van der Waals surface area contributed by atoms with Crippen LogP contribution in [0.3, 0.4) is 0 Å². The highest BCUT2D eigenvalue weighted by molar-refractivity contribution is 5.73. The first-order valence-corrected chi connectivity index (χ1v) is 22.7. The molecule has 0 saturated carbocycles. The van der Waals surface area contributed by atoms with E-state index >= 15 is 0 Å². The number of methoxy groups -OCH3 is 1. The molecule has 360 valence electrons. The van der Waals surface area contributed by atoms with E-state index in [2.05, 4.69) is 25.9 Å². The summed E-state index contributed by atoms with van der Waals surface area (Å²) in [5.41, 5.74) is -5.85. The van der Waals surface area contributed by atoms with Crippen LogP contribution < -0.4 is 20.7 Å². The molecule has 0 radical (unpaired) electrons. The molecule has 18 nitrogen and oxygen atoms in total. The van der Waals surface area contributed by atoms with E-state index in [0.29, 0.717) is 19.5 Å². The van der Waals surface area contributed by atoms with Gasteiger partial charge in [0.1, 0.15) is 35.1 Å². The van der Waals surface area contributed by atoms with Gasteiger partial charge in [0.15, 0.2) is 18.7 Å². The molecule has 7 N–H and O–H groups in total. The number of nitriles is 1. The van der Waals surface area contributed by atoms with E-state index in [1.54, 1.807) is 48.6 Å². The summed E-state index contributed by atoms with van der Waals surface area (Å²) in [5, 5.41) is 67.4. The van der Waals surface area contributed by atoms with Gasteiger partial charge in [-0.15, -0.1) is 0 Å². The topological polar surface area (TPSA) is 248 Å². The molecule has 0 unspecified atom stereocenters. The number of esters is 1. The molecule has 0 spiro atoms. The Bertz CT molecular complexity index is 1640.